The van der Waals surface area contributed by atoms with Crippen molar-refractivity contribution in [3.63, 3.8) is 0 Å². The van der Waals surface area contributed by atoms with Gasteiger partial charge in [-0.25, -0.2) is 4.79 Å². The van der Waals surface area contributed by atoms with Gasteiger partial charge in [0.15, 0.2) is 0 Å². The van der Waals surface area contributed by atoms with Crippen molar-refractivity contribution in [2.45, 2.75) is 19.8 Å². The Hall–Kier alpha value is -2.88. The molecule has 0 atom stereocenters. The molecule has 3 aromatic rings. The first kappa shape index (κ1) is 16.0. The van der Waals surface area contributed by atoms with E-state index in [0.717, 1.165) is 18.4 Å². The number of hydrogen-bond acceptors (Lipinski definition) is 3. The molecule has 0 bridgehead atoms. The van der Waals surface area contributed by atoms with Crippen molar-refractivity contribution < 1.29 is 9.53 Å². The van der Waals surface area contributed by atoms with E-state index >= 15 is 0 Å². The molecule has 0 unspecified atom stereocenters. The molecule has 4 heteroatoms. The molecule has 0 aliphatic rings. The van der Waals surface area contributed by atoms with Crippen LogP contribution in [0.25, 0.3) is 10.9 Å². The molecular weight excluding hydrogens is 302 g/mol. The van der Waals surface area contributed by atoms with Crippen LogP contribution in [0.5, 0.6) is 0 Å². The monoisotopic (exact) mass is 321 g/mol. The van der Waals surface area contributed by atoms with Crippen LogP contribution < -0.4 is 5.43 Å². The van der Waals surface area contributed by atoms with Crippen molar-refractivity contribution in [2.24, 2.45) is 0 Å². The van der Waals surface area contributed by atoms with Gasteiger partial charge in [0.1, 0.15) is 5.56 Å². The van der Waals surface area contributed by atoms with Crippen LogP contribution in [-0.2, 0) is 11.2 Å². The molecule has 2 aromatic carbocycles. The molecule has 0 aliphatic carbocycles. The van der Waals surface area contributed by atoms with Gasteiger partial charge in [-0.2, -0.15) is 0 Å². The van der Waals surface area contributed by atoms with Gasteiger partial charge in [-0.15, -0.1) is 0 Å². The number of rotatable bonds is 5. The van der Waals surface area contributed by atoms with E-state index in [2.05, 4.69) is 4.98 Å². The van der Waals surface area contributed by atoms with Gasteiger partial charge < -0.3 is 9.72 Å². The number of carbonyl (C=O) groups is 1. The summed E-state index contributed by atoms with van der Waals surface area (Å²) in [7, 11) is 0. The fourth-order valence-corrected chi connectivity index (χ4v) is 2.63. The van der Waals surface area contributed by atoms with E-state index in [1.54, 1.807) is 0 Å². The average Bonchev–Trinajstić information content (AvgIpc) is 2.61. The number of H-pyrrole nitrogens is 1. The lowest BCUT2D eigenvalue weighted by molar-refractivity contribution is 0.0503. The molecular formula is C20H19NO3. The normalized spacial score (nSPS) is 10.7. The summed E-state index contributed by atoms with van der Waals surface area (Å²) >= 11 is 0. The number of pyridine rings is 1. The number of fused-ring (bicyclic) bond motifs is 1. The number of ether oxygens (including phenoxy) is 1. The van der Waals surface area contributed by atoms with E-state index in [-0.39, 0.29) is 11.0 Å². The smallest absolute Gasteiger partial charge is 0.343 e. The van der Waals surface area contributed by atoms with Crippen molar-refractivity contribution in [1.82, 2.24) is 4.98 Å². The van der Waals surface area contributed by atoms with Crippen LogP contribution in [0.2, 0.25) is 0 Å². The lowest BCUT2D eigenvalue weighted by Gasteiger charge is -2.06. The molecule has 0 amide bonds. The molecule has 24 heavy (non-hydrogen) atoms. The second-order valence-electron chi connectivity index (χ2n) is 5.71. The first-order valence-electron chi connectivity index (χ1n) is 8.04. The van der Waals surface area contributed by atoms with Gasteiger partial charge in [0, 0.05) is 17.1 Å². The van der Waals surface area contributed by atoms with Crippen LogP contribution >= 0.6 is 0 Å². The molecule has 0 spiro atoms. The van der Waals surface area contributed by atoms with Crippen LogP contribution in [0.15, 0.2) is 59.5 Å². The largest absolute Gasteiger partial charge is 0.462 e. The predicted octanol–water partition coefficient (Wildman–Crippen LogP) is 3.69. The molecule has 1 aromatic heterocycles. The molecule has 122 valence electrons. The Balaban J connectivity index is 1.97. The first-order valence-corrected chi connectivity index (χ1v) is 8.04. The van der Waals surface area contributed by atoms with Gasteiger partial charge in [-0.05, 0) is 36.1 Å². The fraction of sp³-hybridized carbons (Fsp3) is 0.200. The SMILES string of the molecule is CCCOC(=O)c1c[nH]c2ccc(Cc3ccccc3)cc2c1=O. The molecule has 3 rings (SSSR count). The van der Waals surface area contributed by atoms with Gasteiger partial charge in [0.2, 0.25) is 5.43 Å². The van der Waals surface area contributed by atoms with Gasteiger partial charge >= 0.3 is 5.97 Å². The Morgan fingerprint density at radius 3 is 2.62 bits per heavy atom. The highest BCUT2D eigenvalue weighted by Crippen LogP contribution is 2.15. The Morgan fingerprint density at radius 1 is 1.08 bits per heavy atom. The van der Waals surface area contributed by atoms with Crippen LogP contribution in [0.1, 0.15) is 34.8 Å². The van der Waals surface area contributed by atoms with Gasteiger partial charge in [0.25, 0.3) is 0 Å². The lowest BCUT2D eigenvalue weighted by Crippen LogP contribution is -2.18. The Labute approximate surface area is 140 Å². The van der Waals surface area contributed by atoms with Gasteiger partial charge in [-0.3, -0.25) is 4.79 Å². The number of hydrogen-bond donors (Lipinski definition) is 1. The summed E-state index contributed by atoms with van der Waals surface area (Å²) in [6, 6.07) is 15.8. The number of nitrogens with one attached hydrogen (secondary N) is 1. The van der Waals surface area contributed by atoms with E-state index < -0.39 is 5.97 Å². The summed E-state index contributed by atoms with van der Waals surface area (Å²) in [6.07, 6.45) is 2.89. The van der Waals surface area contributed by atoms with Gasteiger partial charge in [0.05, 0.1) is 6.61 Å². The Kier molecular flexibility index (Phi) is 4.75. The quantitative estimate of drug-likeness (QED) is 0.729. The Morgan fingerprint density at radius 2 is 1.88 bits per heavy atom. The average molecular weight is 321 g/mol. The number of benzene rings is 2. The summed E-state index contributed by atoms with van der Waals surface area (Å²) in [6.45, 7) is 2.22. The van der Waals surface area contributed by atoms with E-state index in [4.69, 9.17) is 4.74 Å². The minimum absolute atomic E-state index is 0.0489. The zero-order chi connectivity index (χ0) is 16.9. The first-order chi connectivity index (χ1) is 11.7. The maximum atomic E-state index is 12.6. The van der Waals surface area contributed by atoms with Crippen LogP contribution in [0.3, 0.4) is 0 Å². The molecule has 4 nitrogen and oxygen atoms in total. The van der Waals surface area contributed by atoms with Crippen molar-refractivity contribution in [3.8, 4) is 0 Å². The van der Waals surface area contributed by atoms with Crippen molar-refractivity contribution in [1.29, 1.82) is 0 Å². The molecule has 1 N–H and O–H groups in total. The van der Waals surface area contributed by atoms with Crippen molar-refractivity contribution in [3.05, 3.63) is 81.6 Å². The second-order valence-corrected chi connectivity index (χ2v) is 5.71. The number of aromatic amines is 1. The minimum Gasteiger partial charge on any atom is -0.462 e. The summed E-state index contributed by atoms with van der Waals surface area (Å²) in [4.78, 5) is 27.6. The fourth-order valence-electron chi connectivity index (χ4n) is 2.63. The highest BCUT2D eigenvalue weighted by molar-refractivity contribution is 5.93. The van der Waals surface area contributed by atoms with E-state index in [0.29, 0.717) is 17.5 Å². The van der Waals surface area contributed by atoms with Gasteiger partial charge in [-0.1, -0.05) is 43.3 Å². The highest BCUT2D eigenvalue weighted by atomic mass is 16.5. The van der Waals surface area contributed by atoms with Crippen molar-refractivity contribution in [2.75, 3.05) is 6.61 Å². The minimum atomic E-state index is -0.575. The third kappa shape index (κ3) is 3.38. The third-order valence-corrected chi connectivity index (χ3v) is 3.85. The zero-order valence-electron chi connectivity index (χ0n) is 13.5. The topological polar surface area (TPSA) is 59.2 Å². The van der Waals surface area contributed by atoms with Crippen molar-refractivity contribution >= 4 is 16.9 Å². The summed E-state index contributed by atoms with van der Waals surface area (Å²) in [5.74, 6) is -0.575. The standard InChI is InChI=1S/C20H19NO3/c1-2-10-24-20(23)17-13-21-18-9-8-15(12-16(18)19(17)22)11-14-6-4-3-5-7-14/h3-9,12-13H,2,10-11H2,1H3,(H,21,22). The molecule has 0 saturated heterocycles. The van der Waals surface area contributed by atoms with E-state index in [9.17, 15) is 9.59 Å². The summed E-state index contributed by atoms with van der Waals surface area (Å²) in [5, 5.41) is 0.509. The molecule has 1 heterocycles. The lowest BCUT2D eigenvalue weighted by atomic mass is 10.0. The number of carbonyl (C=O) groups excluding carboxylic acids is 1. The third-order valence-electron chi connectivity index (χ3n) is 3.85. The maximum Gasteiger partial charge on any atom is 0.343 e. The van der Waals surface area contributed by atoms with E-state index in [1.807, 2.05) is 55.5 Å². The molecule has 0 saturated carbocycles. The van der Waals surface area contributed by atoms with E-state index in [1.165, 1.54) is 11.8 Å². The zero-order valence-corrected chi connectivity index (χ0v) is 13.5. The Bertz CT molecular complexity index is 913. The maximum absolute atomic E-state index is 12.6. The molecule has 0 fully saturated rings. The summed E-state index contributed by atoms with van der Waals surface area (Å²) < 4.78 is 5.07. The predicted molar refractivity (Wildman–Crippen MR) is 94.4 cm³/mol. The van der Waals surface area contributed by atoms with Crippen LogP contribution in [0, 0.1) is 0 Å². The summed E-state index contributed by atoms with van der Waals surface area (Å²) in [5.41, 5.74) is 2.67. The molecule has 0 aliphatic heterocycles. The van der Waals surface area contributed by atoms with Crippen LogP contribution in [-0.4, -0.2) is 17.6 Å². The second kappa shape index (κ2) is 7.13. The number of esters is 1. The highest BCUT2D eigenvalue weighted by Gasteiger charge is 2.14. The number of aromatic nitrogens is 1. The molecule has 0 radical (unpaired) electrons. The van der Waals surface area contributed by atoms with Crippen LogP contribution in [0.4, 0.5) is 0 Å².